The molecule has 2 amide bonds. The summed E-state index contributed by atoms with van der Waals surface area (Å²) in [4.78, 5) is 31.6. The summed E-state index contributed by atoms with van der Waals surface area (Å²) in [5.74, 6) is 0.0455. The number of hydrogen-bond donors (Lipinski definition) is 2. The van der Waals surface area contributed by atoms with E-state index in [1.54, 1.807) is 13.8 Å². The highest BCUT2D eigenvalue weighted by atomic mass is 16.5. The minimum Gasteiger partial charge on any atom is -0.449 e. The van der Waals surface area contributed by atoms with E-state index in [4.69, 9.17) is 10.5 Å². The predicted molar refractivity (Wildman–Crippen MR) is 129 cm³/mol. The van der Waals surface area contributed by atoms with E-state index in [0.717, 1.165) is 55.3 Å². The van der Waals surface area contributed by atoms with Gasteiger partial charge in [0.05, 0.1) is 5.60 Å². The molecule has 2 aliphatic rings. The smallest absolute Gasteiger partial charge is 0.404 e. The zero-order valence-electron chi connectivity index (χ0n) is 20.3. The van der Waals surface area contributed by atoms with Crippen molar-refractivity contribution in [3.05, 3.63) is 65.0 Å². The lowest BCUT2D eigenvalue weighted by molar-refractivity contribution is 0.0488. The molecular weight excluding hydrogens is 430 g/mol. The molecule has 0 saturated heterocycles. The van der Waals surface area contributed by atoms with Gasteiger partial charge >= 0.3 is 6.09 Å². The Bertz CT molecular complexity index is 1020. The maximum Gasteiger partial charge on any atom is 0.404 e. The Kier molecular flexibility index (Phi) is 6.67. The van der Waals surface area contributed by atoms with Crippen LogP contribution in [0.25, 0.3) is 0 Å². The van der Waals surface area contributed by atoms with Crippen molar-refractivity contribution in [2.24, 2.45) is 5.73 Å². The third-order valence-electron chi connectivity index (χ3n) is 7.26. The van der Waals surface area contributed by atoms with Crippen molar-refractivity contribution in [1.82, 2.24) is 9.88 Å². The molecule has 0 atom stereocenters. The standard InChI is InChI=1S/C27H35N3O4/c1-18-4-11-23(29-16-18)27(17-34-25(28)32)14-12-22(13-15-27)30(21-9-10-21)24(31)19-5-7-20(8-6-19)26(2,3)33/h4-8,11,16,21-22,33H,9-10,12-15,17H2,1-3H3,(H2,28,32). The van der Waals surface area contributed by atoms with Crippen LogP contribution in [0.4, 0.5) is 4.79 Å². The molecule has 1 heterocycles. The van der Waals surface area contributed by atoms with Gasteiger partial charge in [-0.1, -0.05) is 18.2 Å². The molecule has 1 aromatic heterocycles. The molecule has 0 bridgehead atoms. The van der Waals surface area contributed by atoms with Crippen LogP contribution in [0.2, 0.25) is 0 Å². The van der Waals surface area contributed by atoms with Crippen molar-refractivity contribution in [2.75, 3.05) is 6.61 Å². The molecule has 0 spiro atoms. The fourth-order valence-electron chi connectivity index (χ4n) is 5.05. The number of hydrogen-bond acceptors (Lipinski definition) is 5. The maximum absolute atomic E-state index is 13.5. The number of ether oxygens (including phenoxy) is 1. The molecule has 7 nitrogen and oxygen atoms in total. The van der Waals surface area contributed by atoms with Gasteiger partial charge in [0.25, 0.3) is 5.91 Å². The van der Waals surface area contributed by atoms with Gasteiger partial charge in [0, 0.05) is 35.0 Å². The summed E-state index contributed by atoms with van der Waals surface area (Å²) >= 11 is 0. The topological polar surface area (TPSA) is 106 Å². The van der Waals surface area contributed by atoms with Gasteiger partial charge in [-0.2, -0.15) is 0 Å². The number of pyridine rings is 1. The minimum absolute atomic E-state index is 0.0455. The quantitative estimate of drug-likeness (QED) is 0.638. The van der Waals surface area contributed by atoms with Crippen LogP contribution in [0.5, 0.6) is 0 Å². The minimum atomic E-state index is -0.943. The molecule has 7 heteroatoms. The van der Waals surface area contributed by atoms with Gasteiger partial charge in [0.15, 0.2) is 0 Å². The second-order valence-electron chi connectivity index (χ2n) is 10.4. The highest BCUT2D eigenvalue weighted by molar-refractivity contribution is 5.95. The SMILES string of the molecule is Cc1ccc(C2(COC(N)=O)CCC(N(C(=O)c3ccc(C(C)(C)O)cc3)C3CC3)CC2)nc1. The highest BCUT2D eigenvalue weighted by Gasteiger charge is 2.44. The predicted octanol–water partition coefficient (Wildman–Crippen LogP) is 4.20. The number of primary amides is 1. The van der Waals surface area contributed by atoms with E-state index < -0.39 is 17.1 Å². The highest BCUT2D eigenvalue weighted by Crippen LogP contribution is 2.43. The van der Waals surface area contributed by atoms with E-state index in [1.165, 1.54) is 0 Å². The summed E-state index contributed by atoms with van der Waals surface area (Å²) in [5, 5.41) is 10.2. The molecule has 2 aliphatic carbocycles. The monoisotopic (exact) mass is 465 g/mol. The molecule has 0 radical (unpaired) electrons. The third-order valence-corrected chi connectivity index (χ3v) is 7.26. The first-order valence-electron chi connectivity index (χ1n) is 12.1. The lowest BCUT2D eigenvalue weighted by atomic mass is 9.70. The van der Waals surface area contributed by atoms with Gasteiger partial charge in [0.2, 0.25) is 0 Å². The lowest BCUT2D eigenvalue weighted by Crippen LogP contribution is -2.48. The summed E-state index contributed by atoms with van der Waals surface area (Å²) in [5.41, 5.74) is 7.36. The number of aromatic nitrogens is 1. The van der Waals surface area contributed by atoms with Gasteiger partial charge in [-0.25, -0.2) is 4.79 Å². The number of aliphatic hydroxyl groups is 1. The van der Waals surface area contributed by atoms with Gasteiger partial charge in [0.1, 0.15) is 6.61 Å². The van der Waals surface area contributed by atoms with Crippen LogP contribution in [-0.4, -0.2) is 45.7 Å². The van der Waals surface area contributed by atoms with Crippen LogP contribution in [0.3, 0.4) is 0 Å². The molecule has 4 rings (SSSR count). The molecule has 2 fully saturated rings. The summed E-state index contributed by atoms with van der Waals surface area (Å²) in [6.07, 6.45) is 6.25. The Morgan fingerprint density at radius 3 is 2.21 bits per heavy atom. The van der Waals surface area contributed by atoms with Crippen LogP contribution in [0.15, 0.2) is 42.6 Å². The number of aryl methyl sites for hydroxylation is 1. The molecule has 2 saturated carbocycles. The van der Waals surface area contributed by atoms with Crippen molar-refractivity contribution in [1.29, 1.82) is 0 Å². The summed E-state index contributed by atoms with van der Waals surface area (Å²) < 4.78 is 5.28. The fraction of sp³-hybridized carbons (Fsp3) is 0.519. The van der Waals surface area contributed by atoms with Gasteiger partial charge in [-0.3, -0.25) is 9.78 Å². The first kappa shape index (κ1) is 24.2. The van der Waals surface area contributed by atoms with E-state index in [0.29, 0.717) is 5.56 Å². The van der Waals surface area contributed by atoms with E-state index in [9.17, 15) is 14.7 Å². The third kappa shape index (κ3) is 5.25. The fourth-order valence-corrected chi connectivity index (χ4v) is 5.05. The molecule has 34 heavy (non-hydrogen) atoms. The Hall–Kier alpha value is -2.93. The Morgan fingerprint density at radius 2 is 1.71 bits per heavy atom. The molecule has 1 aromatic carbocycles. The van der Waals surface area contributed by atoms with Crippen LogP contribution >= 0.6 is 0 Å². The number of carbonyl (C=O) groups excluding carboxylic acids is 2. The summed E-state index contributed by atoms with van der Waals surface area (Å²) in [7, 11) is 0. The molecular formula is C27H35N3O4. The normalized spacial score (nSPS) is 22.8. The Morgan fingerprint density at radius 1 is 1.09 bits per heavy atom. The van der Waals surface area contributed by atoms with E-state index in [-0.39, 0.29) is 24.6 Å². The van der Waals surface area contributed by atoms with E-state index >= 15 is 0 Å². The lowest BCUT2D eigenvalue weighted by Gasteiger charge is -2.43. The van der Waals surface area contributed by atoms with Gasteiger partial charge in [-0.15, -0.1) is 0 Å². The number of nitrogens with zero attached hydrogens (tertiary/aromatic N) is 2. The number of nitrogens with two attached hydrogens (primary N) is 1. The van der Waals surface area contributed by atoms with Crippen molar-refractivity contribution in [2.45, 2.75) is 82.4 Å². The maximum atomic E-state index is 13.5. The summed E-state index contributed by atoms with van der Waals surface area (Å²) in [6.45, 7) is 5.66. The second-order valence-corrected chi connectivity index (χ2v) is 10.4. The number of amides is 2. The first-order valence-corrected chi connectivity index (χ1v) is 12.1. The van der Waals surface area contributed by atoms with Crippen molar-refractivity contribution < 1.29 is 19.4 Å². The molecule has 0 aliphatic heterocycles. The van der Waals surface area contributed by atoms with Crippen molar-refractivity contribution >= 4 is 12.0 Å². The van der Waals surface area contributed by atoms with Gasteiger partial charge in [-0.05, 0) is 88.6 Å². The van der Waals surface area contributed by atoms with Crippen LogP contribution in [-0.2, 0) is 15.8 Å². The number of carbonyl (C=O) groups is 2. The Balaban J connectivity index is 1.52. The average molecular weight is 466 g/mol. The molecule has 182 valence electrons. The second kappa shape index (κ2) is 9.37. The molecule has 3 N–H and O–H groups in total. The molecule has 2 aromatic rings. The zero-order chi connectivity index (χ0) is 24.5. The summed E-state index contributed by atoms with van der Waals surface area (Å²) in [6, 6.07) is 11.7. The van der Waals surface area contributed by atoms with Crippen LogP contribution < -0.4 is 5.73 Å². The number of benzene rings is 1. The average Bonchev–Trinajstić information content (AvgIpc) is 3.64. The van der Waals surface area contributed by atoms with Crippen LogP contribution in [0.1, 0.15) is 79.6 Å². The van der Waals surface area contributed by atoms with E-state index in [1.807, 2.05) is 49.5 Å². The van der Waals surface area contributed by atoms with Crippen molar-refractivity contribution in [3.63, 3.8) is 0 Å². The van der Waals surface area contributed by atoms with Gasteiger partial charge < -0.3 is 20.5 Å². The molecule has 0 unspecified atom stereocenters. The Labute approximate surface area is 201 Å². The zero-order valence-corrected chi connectivity index (χ0v) is 20.3. The van der Waals surface area contributed by atoms with Crippen LogP contribution in [0, 0.1) is 6.92 Å². The van der Waals surface area contributed by atoms with E-state index in [2.05, 4.69) is 9.88 Å². The largest absolute Gasteiger partial charge is 0.449 e. The van der Waals surface area contributed by atoms with Crippen molar-refractivity contribution in [3.8, 4) is 0 Å². The first-order chi connectivity index (χ1) is 16.1. The number of rotatable bonds is 7.